The van der Waals surface area contributed by atoms with Crippen LogP contribution < -0.4 is 0 Å². The Hall–Kier alpha value is -2.03. The smallest absolute Gasteiger partial charge is 0.306 e. The van der Waals surface area contributed by atoms with Gasteiger partial charge in [0.2, 0.25) is 0 Å². The number of unbranched alkanes of at least 4 members (excludes halogenated alkanes) is 22. The Morgan fingerprint density at radius 1 is 0.490 bits per heavy atom. The molecule has 0 aliphatic heterocycles. The maximum absolute atomic E-state index is 12.6. The second kappa shape index (κ2) is 36.3. The molecule has 0 aliphatic carbocycles. The van der Waals surface area contributed by atoms with Gasteiger partial charge in [0.1, 0.15) is 24.9 Å². The number of rotatable bonds is 37. The van der Waals surface area contributed by atoms with Crippen molar-refractivity contribution in [2.24, 2.45) is 0 Å². The fraction of sp³-hybridized carbons (Fsp3) is 0.837. The molecule has 0 bridgehead atoms. The molecular formula is C43H78O8. The molecule has 0 saturated carbocycles. The summed E-state index contributed by atoms with van der Waals surface area (Å²) in [5.41, 5.74) is 0. The Kier molecular flexibility index (Phi) is 34.9. The van der Waals surface area contributed by atoms with Crippen molar-refractivity contribution < 1.29 is 39.2 Å². The standard InChI is InChI=1S/C43H78O8/c1-4-6-8-10-12-14-16-18-20-22-24-26-28-30-32-34-39(45)50-36-38(42(48)43(49)41(47)37(3)44)51-40(46)35-33-31-29-27-25-23-21-19-17-15-13-11-9-7-5-2/h18-21,38,41-43,47-49H,4-17,22-36H2,1-3H3. The van der Waals surface area contributed by atoms with Crippen molar-refractivity contribution in [3.8, 4) is 0 Å². The maximum atomic E-state index is 12.6. The lowest BCUT2D eigenvalue weighted by atomic mass is 10.0. The zero-order valence-corrected chi connectivity index (χ0v) is 33.0. The fourth-order valence-corrected chi connectivity index (χ4v) is 6.00. The molecule has 0 spiro atoms. The second-order valence-corrected chi connectivity index (χ2v) is 14.4. The first-order valence-electron chi connectivity index (χ1n) is 20.9. The van der Waals surface area contributed by atoms with Crippen LogP contribution in [0.5, 0.6) is 0 Å². The molecule has 0 saturated heterocycles. The van der Waals surface area contributed by atoms with Crippen LogP contribution in [0.3, 0.4) is 0 Å². The van der Waals surface area contributed by atoms with Crippen LogP contribution in [0.2, 0.25) is 0 Å². The summed E-state index contributed by atoms with van der Waals surface area (Å²) < 4.78 is 10.7. The van der Waals surface area contributed by atoms with E-state index >= 15 is 0 Å². The van der Waals surface area contributed by atoms with Crippen LogP contribution in [0.1, 0.15) is 201 Å². The van der Waals surface area contributed by atoms with Crippen LogP contribution in [-0.4, -0.2) is 64.1 Å². The van der Waals surface area contributed by atoms with Crippen molar-refractivity contribution in [2.45, 2.75) is 225 Å². The lowest BCUT2D eigenvalue weighted by molar-refractivity contribution is -0.177. The van der Waals surface area contributed by atoms with E-state index in [4.69, 9.17) is 9.47 Å². The number of hydrogen-bond donors (Lipinski definition) is 3. The summed E-state index contributed by atoms with van der Waals surface area (Å²) >= 11 is 0. The molecule has 298 valence electrons. The minimum Gasteiger partial charge on any atom is -0.462 e. The van der Waals surface area contributed by atoms with Gasteiger partial charge in [0.15, 0.2) is 11.9 Å². The second-order valence-electron chi connectivity index (χ2n) is 14.4. The van der Waals surface area contributed by atoms with E-state index in [9.17, 15) is 29.7 Å². The number of esters is 2. The molecule has 8 nitrogen and oxygen atoms in total. The number of aliphatic hydroxyl groups excluding tert-OH is 3. The number of aliphatic hydroxyl groups is 3. The summed E-state index contributed by atoms with van der Waals surface area (Å²) in [5.74, 6) is -1.81. The largest absolute Gasteiger partial charge is 0.462 e. The molecular weight excluding hydrogens is 644 g/mol. The quantitative estimate of drug-likeness (QED) is 0.0328. The Labute approximate surface area is 312 Å². The summed E-state index contributed by atoms with van der Waals surface area (Å²) in [4.78, 5) is 36.6. The Morgan fingerprint density at radius 3 is 1.24 bits per heavy atom. The number of ketones is 1. The highest BCUT2D eigenvalue weighted by atomic mass is 16.6. The van der Waals surface area contributed by atoms with E-state index in [0.717, 1.165) is 77.6 Å². The van der Waals surface area contributed by atoms with E-state index in [2.05, 4.69) is 38.2 Å². The van der Waals surface area contributed by atoms with E-state index in [-0.39, 0.29) is 12.8 Å². The number of hydrogen-bond acceptors (Lipinski definition) is 8. The van der Waals surface area contributed by atoms with Crippen molar-refractivity contribution in [1.29, 1.82) is 0 Å². The minimum atomic E-state index is -1.88. The molecule has 0 rings (SSSR count). The molecule has 4 unspecified atom stereocenters. The summed E-state index contributed by atoms with van der Waals surface area (Å²) in [6.45, 7) is 5.10. The highest BCUT2D eigenvalue weighted by Crippen LogP contribution is 2.15. The van der Waals surface area contributed by atoms with Gasteiger partial charge in [-0.25, -0.2) is 0 Å². The molecule has 0 amide bonds. The number of carbonyl (C=O) groups is 3. The van der Waals surface area contributed by atoms with Gasteiger partial charge in [-0.1, -0.05) is 141 Å². The van der Waals surface area contributed by atoms with Crippen LogP contribution in [0.15, 0.2) is 24.3 Å². The third-order valence-corrected chi connectivity index (χ3v) is 9.45. The first-order valence-corrected chi connectivity index (χ1v) is 20.9. The van der Waals surface area contributed by atoms with Gasteiger partial charge in [0.05, 0.1) is 0 Å². The fourth-order valence-electron chi connectivity index (χ4n) is 6.00. The average molecular weight is 723 g/mol. The van der Waals surface area contributed by atoms with Crippen LogP contribution in [-0.2, 0) is 23.9 Å². The predicted molar refractivity (Wildman–Crippen MR) is 208 cm³/mol. The predicted octanol–water partition coefficient (Wildman–Crippen LogP) is 10.2. The van der Waals surface area contributed by atoms with E-state index in [0.29, 0.717) is 12.8 Å². The maximum Gasteiger partial charge on any atom is 0.306 e. The Balaban J connectivity index is 4.29. The van der Waals surface area contributed by atoms with Crippen molar-refractivity contribution >= 4 is 17.7 Å². The third kappa shape index (κ3) is 31.2. The number of ether oxygens (including phenoxy) is 2. The van der Waals surface area contributed by atoms with Crippen LogP contribution in [0.25, 0.3) is 0 Å². The minimum absolute atomic E-state index is 0.121. The Morgan fingerprint density at radius 2 is 0.843 bits per heavy atom. The van der Waals surface area contributed by atoms with Gasteiger partial charge in [-0.2, -0.15) is 0 Å². The van der Waals surface area contributed by atoms with Crippen LogP contribution in [0, 0.1) is 0 Å². The van der Waals surface area contributed by atoms with Crippen molar-refractivity contribution in [3.05, 3.63) is 24.3 Å². The molecule has 0 aromatic heterocycles. The van der Waals surface area contributed by atoms with Crippen LogP contribution in [0.4, 0.5) is 0 Å². The number of carbonyl (C=O) groups excluding carboxylic acids is 3. The molecule has 0 aliphatic rings. The van der Waals surface area contributed by atoms with Gasteiger partial charge in [-0.3, -0.25) is 14.4 Å². The topological polar surface area (TPSA) is 130 Å². The van der Waals surface area contributed by atoms with Crippen molar-refractivity contribution in [2.75, 3.05) is 6.61 Å². The molecule has 8 heteroatoms. The molecule has 0 aromatic rings. The molecule has 0 heterocycles. The highest BCUT2D eigenvalue weighted by Gasteiger charge is 2.36. The lowest BCUT2D eigenvalue weighted by Crippen LogP contribution is -2.50. The van der Waals surface area contributed by atoms with Gasteiger partial charge in [0, 0.05) is 12.8 Å². The van der Waals surface area contributed by atoms with E-state index in [1.165, 1.54) is 83.5 Å². The average Bonchev–Trinajstić information content (AvgIpc) is 3.12. The van der Waals surface area contributed by atoms with Gasteiger partial charge in [-0.05, 0) is 71.1 Å². The number of allylic oxidation sites excluding steroid dienone is 4. The monoisotopic (exact) mass is 723 g/mol. The van der Waals surface area contributed by atoms with Gasteiger partial charge >= 0.3 is 11.9 Å². The number of Topliss-reactive ketones (excluding diaryl/α,β-unsaturated/α-hetero) is 1. The van der Waals surface area contributed by atoms with E-state index in [1.807, 2.05) is 0 Å². The third-order valence-electron chi connectivity index (χ3n) is 9.45. The summed E-state index contributed by atoms with van der Waals surface area (Å²) in [6.07, 6.45) is 32.4. The van der Waals surface area contributed by atoms with Gasteiger partial charge in [-0.15, -0.1) is 0 Å². The lowest BCUT2D eigenvalue weighted by Gasteiger charge is -2.28. The SMILES string of the molecule is CCCCCCCCC=CCCCCCCCC(=O)OCC(OC(=O)CCCCCCCC=CCCCCCCCC)C(O)C(O)C(O)C(C)=O. The summed E-state index contributed by atoms with van der Waals surface area (Å²) in [7, 11) is 0. The molecule has 3 N–H and O–H groups in total. The molecule has 0 radical (unpaired) electrons. The van der Waals surface area contributed by atoms with E-state index < -0.39 is 48.7 Å². The molecule has 51 heavy (non-hydrogen) atoms. The normalized spacial score (nSPS) is 14.2. The van der Waals surface area contributed by atoms with E-state index in [1.54, 1.807) is 0 Å². The zero-order chi connectivity index (χ0) is 37.8. The van der Waals surface area contributed by atoms with Crippen molar-refractivity contribution in [3.63, 3.8) is 0 Å². The molecule has 0 aromatic carbocycles. The summed E-state index contributed by atoms with van der Waals surface area (Å²) in [6, 6.07) is 0. The summed E-state index contributed by atoms with van der Waals surface area (Å²) in [5, 5.41) is 30.9. The highest BCUT2D eigenvalue weighted by molar-refractivity contribution is 5.80. The first kappa shape index (κ1) is 49.0. The molecule has 4 atom stereocenters. The Bertz CT molecular complexity index is 885. The van der Waals surface area contributed by atoms with Gasteiger partial charge in [0.25, 0.3) is 0 Å². The van der Waals surface area contributed by atoms with Gasteiger partial charge < -0.3 is 24.8 Å². The van der Waals surface area contributed by atoms with Crippen LogP contribution >= 0.6 is 0 Å². The molecule has 0 fully saturated rings. The first-order chi connectivity index (χ1) is 24.7. The zero-order valence-electron chi connectivity index (χ0n) is 33.0. The van der Waals surface area contributed by atoms with Crippen molar-refractivity contribution in [1.82, 2.24) is 0 Å².